The summed E-state index contributed by atoms with van der Waals surface area (Å²) < 4.78 is 41.2. The van der Waals surface area contributed by atoms with Gasteiger partial charge in [0.2, 0.25) is 0 Å². The van der Waals surface area contributed by atoms with Gasteiger partial charge in [-0.25, -0.2) is 12.8 Å². The minimum Gasteiger partial charge on any atom is -0.319 e. The van der Waals surface area contributed by atoms with Crippen LogP contribution in [0.3, 0.4) is 0 Å². The first-order valence-corrected chi connectivity index (χ1v) is 10.4. The summed E-state index contributed by atoms with van der Waals surface area (Å²) in [5.41, 5.74) is 0.522. The Bertz CT molecular complexity index is 1050. The third-order valence-corrected chi connectivity index (χ3v) is 6.34. The van der Waals surface area contributed by atoms with Crippen LogP contribution >= 0.6 is 27.3 Å². The van der Waals surface area contributed by atoms with Crippen LogP contribution in [0.15, 0.2) is 69.3 Å². The molecule has 9 heteroatoms. The van der Waals surface area contributed by atoms with Crippen molar-refractivity contribution in [2.45, 2.75) is 4.90 Å². The molecule has 2 aromatic carbocycles. The molecule has 1 aromatic heterocycles. The van der Waals surface area contributed by atoms with Crippen molar-refractivity contribution in [1.82, 2.24) is 0 Å². The van der Waals surface area contributed by atoms with E-state index in [2.05, 4.69) is 26.0 Å². The second-order valence-corrected chi connectivity index (χ2v) is 9.31. The standard InChI is InChI=1S/C17H12BrFN2O3S2/c18-16-10-9-15(25-16)17(22)20-13-3-1-2-4-14(13)21-26(23,24)12-7-5-11(19)6-8-12/h1-10,21H,(H,20,22). The zero-order valence-corrected chi connectivity index (χ0v) is 16.3. The van der Waals surface area contributed by atoms with Crippen molar-refractivity contribution in [2.75, 3.05) is 10.0 Å². The molecule has 0 aliphatic rings. The van der Waals surface area contributed by atoms with Crippen molar-refractivity contribution >= 4 is 54.6 Å². The van der Waals surface area contributed by atoms with E-state index in [1.165, 1.54) is 29.5 Å². The summed E-state index contributed by atoms with van der Waals surface area (Å²) in [7, 11) is -3.92. The highest BCUT2D eigenvalue weighted by molar-refractivity contribution is 9.11. The number of halogens is 2. The first-order chi connectivity index (χ1) is 12.3. The Labute approximate surface area is 162 Å². The normalized spacial score (nSPS) is 11.2. The number of nitrogens with one attached hydrogen (secondary N) is 2. The number of amides is 1. The summed E-state index contributed by atoms with van der Waals surface area (Å²) in [5.74, 6) is -0.882. The number of hydrogen-bond donors (Lipinski definition) is 2. The van der Waals surface area contributed by atoms with Crippen molar-refractivity contribution in [3.8, 4) is 0 Å². The molecule has 0 aliphatic carbocycles. The van der Waals surface area contributed by atoms with Gasteiger partial charge in [-0.1, -0.05) is 12.1 Å². The first-order valence-electron chi connectivity index (χ1n) is 7.29. The molecule has 5 nitrogen and oxygen atoms in total. The molecule has 1 amide bonds. The monoisotopic (exact) mass is 454 g/mol. The maximum absolute atomic E-state index is 13.0. The Morgan fingerprint density at radius 3 is 2.23 bits per heavy atom. The van der Waals surface area contributed by atoms with E-state index < -0.39 is 15.8 Å². The van der Waals surface area contributed by atoms with Crippen LogP contribution in [0.25, 0.3) is 0 Å². The van der Waals surface area contributed by atoms with Crippen LogP contribution in [0.2, 0.25) is 0 Å². The SMILES string of the molecule is O=C(Nc1ccccc1NS(=O)(=O)c1ccc(F)cc1)c1ccc(Br)s1. The summed E-state index contributed by atoms with van der Waals surface area (Å²) in [6.07, 6.45) is 0. The van der Waals surface area contributed by atoms with Gasteiger partial charge in [0.15, 0.2) is 0 Å². The van der Waals surface area contributed by atoms with Gasteiger partial charge in [-0.15, -0.1) is 11.3 Å². The largest absolute Gasteiger partial charge is 0.319 e. The van der Waals surface area contributed by atoms with Crippen LogP contribution in [-0.4, -0.2) is 14.3 Å². The second-order valence-electron chi connectivity index (χ2n) is 5.16. The summed E-state index contributed by atoms with van der Waals surface area (Å²) in [5, 5.41) is 2.69. The Morgan fingerprint density at radius 1 is 0.962 bits per heavy atom. The molecule has 0 radical (unpaired) electrons. The lowest BCUT2D eigenvalue weighted by atomic mass is 10.2. The van der Waals surface area contributed by atoms with E-state index in [4.69, 9.17) is 0 Å². The molecule has 2 N–H and O–H groups in total. The summed E-state index contributed by atoms with van der Waals surface area (Å²) in [6, 6.07) is 14.3. The van der Waals surface area contributed by atoms with Gasteiger partial charge in [-0.2, -0.15) is 0 Å². The molecule has 0 spiro atoms. The lowest BCUT2D eigenvalue weighted by Gasteiger charge is -2.13. The van der Waals surface area contributed by atoms with E-state index in [-0.39, 0.29) is 16.5 Å². The zero-order valence-electron chi connectivity index (χ0n) is 13.1. The fourth-order valence-electron chi connectivity index (χ4n) is 2.12. The third kappa shape index (κ3) is 4.29. The van der Waals surface area contributed by atoms with E-state index in [0.29, 0.717) is 10.6 Å². The Balaban J connectivity index is 1.85. The van der Waals surface area contributed by atoms with Crippen LogP contribution in [0.5, 0.6) is 0 Å². The van der Waals surface area contributed by atoms with Gasteiger partial charge in [0.05, 0.1) is 24.9 Å². The van der Waals surface area contributed by atoms with E-state index in [1.54, 1.807) is 30.3 Å². The van der Waals surface area contributed by atoms with Gasteiger partial charge >= 0.3 is 0 Å². The van der Waals surface area contributed by atoms with Gasteiger partial charge in [-0.3, -0.25) is 9.52 Å². The number of para-hydroxylation sites is 2. The number of rotatable bonds is 5. The average molecular weight is 455 g/mol. The number of hydrogen-bond acceptors (Lipinski definition) is 4. The van der Waals surface area contributed by atoms with Crippen molar-refractivity contribution in [1.29, 1.82) is 0 Å². The highest BCUT2D eigenvalue weighted by Crippen LogP contribution is 2.27. The molecular formula is C17H12BrFN2O3S2. The van der Waals surface area contributed by atoms with Gasteiger partial charge in [-0.05, 0) is 64.5 Å². The smallest absolute Gasteiger partial charge is 0.265 e. The highest BCUT2D eigenvalue weighted by atomic mass is 79.9. The van der Waals surface area contributed by atoms with Crippen molar-refractivity contribution in [3.05, 3.63) is 75.1 Å². The summed E-state index contributed by atoms with van der Waals surface area (Å²) >= 11 is 4.55. The molecule has 0 saturated carbocycles. The number of benzene rings is 2. The molecule has 0 fully saturated rings. The number of sulfonamides is 1. The lowest BCUT2D eigenvalue weighted by Crippen LogP contribution is -2.16. The van der Waals surface area contributed by atoms with Gasteiger partial charge in [0, 0.05) is 0 Å². The number of anilines is 2. The minimum absolute atomic E-state index is 0.0813. The Hall–Kier alpha value is -2.23. The second kappa shape index (κ2) is 7.56. The van der Waals surface area contributed by atoms with Crippen LogP contribution in [0, 0.1) is 5.82 Å². The quantitative estimate of drug-likeness (QED) is 0.586. The number of thiophene rings is 1. The van der Waals surface area contributed by atoms with Crippen molar-refractivity contribution in [3.63, 3.8) is 0 Å². The van der Waals surface area contributed by atoms with E-state index in [1.807, 2.05) is 0 Å². The first kappa shape index (κ1) is 18.6. The van der Waals surface area contributed by atoms with Crippen LogP contribution in [-0.2, 0) is 10.0 Å². The van der Waals surface area contributed by atoms with Crippen molar-refractivity contribution < 1.29 is 17.6 Å². The molecule has 134 valence electrons. The van der Waals surface area contributed by atoms with Gasteiger partial charge < -0.3 is 5.32 Å². The molecule has 3 rings (SSSR count). The third-order valence-electron chi connectivity index (χ3n) is 3.34. The summed E-state index contributed by atoms with van der Waals surface area (Å²) in [6.45, 7) is 0. The molecule has 0 bridgehead atoms. The molecule has 0 saturated heterocycles. The number of carbonyl (C=O) groups excluding carboxylic acids is 1. The minimum atomic E-state index is -3.92. The molecule has 0 unspecified atom stereocenters. The Morgan fingerprint density at radius 2 is 1.62 bits per heavy atom. The predicted octanol–water partition coefficient (Wildman–Crippen LogP) is 4.70. The van der Waals surface area contributed by atoms with Crippen LogP contribution < -0.4 is 10.0 Å². The van der Waals surface area contributed by atoms with Crippen LogP contribution in [0.1, 0.15) is 9.67 Å². The van der Waals surface area contributed by atoms with Crippen molar-refractivity contribution in [2.24, 2.45) is 0 Å². The van der Waals surface area contributed by atoms with Gasteiger partial charge in [0.25, 0.3) is 15.9 Å². The fourth-order valence-corrected chi connectivity index (χ4v) is 4.48. The van der Waals surface area contributed by atoms with E-state index in [0.717, 1.165) is 15.9 Å². The van der Waals surface area contributed by atoms with Gasteiger partial charge in [0.1, 0.15) is 5.82 Å². The molecule has 26 heavy (non-hydrogen) atoms. The predicted molar refractivity (Wildman–Crippen MR) is 104 cm³/mol. The highest BCUT2D eigenvalue weighted by Gasteiger charge is 2.17. The molecule has 1 heterocycles. The molecule has 0 atom stereocenters. The maximum Gasteiger partial charge on any atom is 0.265 e. The van der Waals surface area contributed by atoms with E-state index in [9.17, 15) is 17.6 Å². The fraction of sp³-hybridized carbons (Fsp3) is 0. The average Bonchev–Trinajstić information content (AvgIpc) is 3.03. The Kier molecular flexibility index (Phi) is 5.40. The zero-order chi connectivity index (χ0) is 18.7. The summed E-state index contributed by atoms with van der Waals surface area (Å²) in [4.78, 5) is 12.7. The van der Waals surface area contributed by atoms with Crippen LogP contribution in [0.4, 0.5) is 15.8 Å². The molecule has 3 aromatic rings. The lowest BCUT2D eigenvalue weighted by molar-refractivity contribution is 0.103. The molecular weight excluding hydrogens is 443 g/mol. The molecule has 0 aliphatic heterocycles. The number of carbonyl (C=O) groups is 1. The topological polar surface area (TPSA) is 75.3 Å². The van der Waals surface area contributed by atoms with E-state index >= 15 is 0 Å². The maximum atomic E-state index is 13.0.